The zero-order valence-corrected chi connectivity index (χ0v) is 10.1. The lowest BCUT2D eigenvalue weighted by Crippen LogP contribution is -2.92. The fraction of sp³-hybridized carbons (Fsp3) is 0.455. The van der Waals surface area contributed by atoms with Gasteiger partial charge in [-0.3, -0.25) is 10.1 Å². The molecule has 0 aromatic carbocycles. The first-order valence-electron chi connectivity index (χ1n) is 5.31. The van der Waals surface area contributed by atoms with E-state index in [1.807, 2.05) is 13.0 Å². The van der Waals surface area contributed by atoms with Crippen LogP contribution in [0.2, 0.25) is 0 Å². The molecule has 0 aliphatic rings. The van der Waals surface area contributed by atoms with Gasteiger partial charge < -0.3 is 14.5 Å². The lowest BCUT2D eigenvalue weighted by Gasteiger charge is -2.14. The molecule has 0 fully saturated rings. The Kier molecular flexibility index (Phi) is 4.71. The third-order valence-electron chi connectivity index (χ3n) is 2.39. The molecule has 0 aliphatic heterocycles. The van der Waals surface area contributed by atoms with Gasteiger partial charge in [0.15, 0.2) is 11.8 Å². The first kappa shape index (κ1) is 13.2. The first-order chi connectivity index (χ1) is 8.04. The molecule has 1 heterocycles. The summed E-state index contributed by atoms with van der Waals surface area (Å²) in [5.41, 5.74) is 0. The van der Waals surface area contributed by atoms with E-state index in [1.165, 1.54) is 7.11 Å². The standard InChI is InChI=1S/C11H16N2O4/c1-7(9-5-4-6-17-9)12-8(2)10(14)13-11(15)16-3/h4-8,12H,1-3H3,(H,13,14,15)/p+1/t7-,8+/m1/s1. The molecule has 2 amide bonds. The third kappa shape index (κ3) is 3.92. The Morgan fingerprint density at radius 2 is 2.18 bits per heavy atom. The molecule has 17 heavy (non-hydrogen) atoms. The third-order valence-corrected chi connectivity index (χ3v) is 2.39. The highest BCUT2D eigenvalue weighted by Gasteiger charge is 2.23. The summed E-state index contributed by atoms with van der Waals surface area (Å²) in [5, 5.41) is 3.92. The van der Waals surface area contributed by atoms with Crippen LogP contribution in [0.15, 0.2) is 22.8 Å². The van der Waals surface area contributed by atoms with E-state index in [2.05, 4.69) is 10.1 Å². The van der Waals surface area contributed by atoms with Gasteiger partial charge in [-0.1, -0.05) is 0 Å². The Bertz CT molecular complexity index is 375. The van der Waals surface area contributed by atoms with Crippen molar-refractivity contribution in [1.82, 2.24) is 5.32 Å². The maximum absolute atomic E-state index is 11.5. The van der Waals surface area contributed by atoms with Gasteiger partial charge >= 0.3 is 6.09 Å². The van der Waals surface area contributed by atoms with Crippen LogP contribution in [0.3, 0.4) is 0 Å². The molecular formula is C11H17N2O4+. The number of nitrogens with two attached hydrogens (primary N) is 1. The quantitative estimate of drug-likeness (QED) is 0.787. The van der Waals surface area contributed by atoms with E-state index >= 15 is 0 Å². The number of rotatable bonds is 4. The summed E-state index contributed by atoms with van der Waals surface area (Å²) in [7, 11) is 1.21. The molecule has 1 rings (SSSR count). The van der Waals surface area contributed by atoms with Crippen molar-refractivity contribution in [3.63, 3.8) is 0 Å². The SMILES string of the molecule is COC(=O)NC(=O)[C@H](C)[NH2+][C@H](C)c1ccco1. The minimum atomic E-state index is -0.749. The van der Waals surface area contributed by atoms with Crippen molar-refractivity contribution in [2.24, 2.45) is 0 Å². The predicted molar refractivity (Wildman–Crippen MR) is 59.1 cm³/mol. The van der Waals surface area contributed by atoms with Gasteiger partial charge in [0.2, 0.25) is 0 Å². The van der Waals surface area contributed by atoms with Crippen LogP contribution in [-0.2, 0) is 9.53 Å². The molecule has 0 spiro atoms. The van der Waals surface area contributed by atoms with E-state index in [-0.39, 0.29) is 6.04 Å². The van der Waals surface area contributed by atoms with Crippen LogP contribution in [0.4, 0.5) is 4.79 Å². The van der Waals surface area contributed by atoms with E-state index in [0.717, 1.165) is 5.76 Å². The molecule has 6 nitrogen and oxygen atoms in total. The van der Waals surface area contributed by atoms with Crippen molar-refractivity contribution in [1.29, 1.82) is 0 Å². The molecule has 0 aliphatic carbocycles. The summed E-state index contributed by atoms with van der Waals surface area (Å²) >= 11 is 0. The average molecular weight is 241 g/mol. The maximum Gasteiger partial charge on any atom is 0.413 e. The molecule has 0 saturated carbocycles. The number of quaternary nitrogens is 1. The van der Waals surface area contributed by atoms with Crippen LogP contribution in [0, 0.1) is 0 Å². The van der Waals surface area contributed by atoms with Crippen molar-refractivity contribution < 1.29 is 24.1 Å². The average Bonchev–Trinajstić information content (AvgIpc) is 2.82. The highest BCUT2D eigenvalue weighted by atomic mass is 16.5. The number of furan rings is 1. The predicted octanol–water partition coefficient (Wildman–Crippen LogP) is 0.175. The molecular weight excluding hydrogens is 224 g/mol. The number of nitrogens with one attached hydrogen (secondary N) is 1. The van der Waals surface area contributed by atoms with Crippen molar-refractivity contribution in [2.45, 2.75) is 25.9 Å². The second kappa shape index (κ2) is 6.05. The Morgan fingerprint density at radius 1 is 1.47 bits per heavy atom. The van der Waals surface area contributed by atoms with E-state index < -0.39 is 18.0 Å². The molecule has 6 heteroatoms. The first-order valence-corrected chi connectivity index (χ1v) is 5.31. The van der Waals surface area contributed by atoms with Crippen molar-refractivity contribution in [3.8, 4) is 0 Å². The number of alkyl carbamates (subject to hydrolysis) is 1. The summed E-state index contributed by atoms with van der Waals surface area (Å²) in [6, 6.07) is 3.22. The van der Waals surface area contributed by atoms with E-state index in [4.69, 9.17) is 4.42 Å². The van der Waals surface area contributed by atoms with Crippen LogP contribution < -0.4 is 10.6 Å². The number of carbonyl (C=O) groups excluding carboxylic acids is 2. The summed E-state index contributed by atoms with van der Waals surface area (Å²) in [5.74, 6) is 0.387. The molecule has 1 aromatic heterocycles. The number of methoxy groups -OCH3 is 1. The number of hydrogen-bond donors (Lipinski definition) is 2. The summed E-state index contributed by atoms with van der Waals surface area (Å²) < 4.78 is 9.57. The molecule has 2 atom stereocenters. The van der Waals surface area contributed by atoms with Crippen LogP contribution in [0.1, 0.15) is 25.6 Å². The zero-order valence-electron chi connectivity index (χ0n) is 10.1. The molecule has 0 bridgehead atoms. The smallest absolute Gasteiger partial charge is 0.413 e. The van der Waals surface area contributed by atoms with Gasteiger partial charge in [-0.15, -0.1) is 0 Å². The number of hydrogen-bond acceptors (Lipinski definition) is 4. The topological polar surface area (TPSA) is 85.1 Å². The molecule has 1 aromatic rings. The number of ether oxygens (including phenoxy) is 1. The largest absolute Gasteiger partial charge is 0.463 e. The number of imide groups is 1. The Balaban J connectivity index is 2.46. The summed E-state index contributed by atoms with van der Waals surface area (Å²) in [6.07, 6.45) is 0.833. The lowest BCUT2D eigenvalue weighted by molar-refractivity contribution is -0.712. The van der Waals surface area contributed by atoms with Crippen LogP contribution in [0.25, 0.3) is 0 Å². The maximum atomic E-state index is 11.5. The Morgan fingerprint density at radius 3 is 2.71 bits per heavy atom. The van der Waals surface area contributed by atoms with Crippen LogP contribution >= 0.6 is 0 Å². The summed E-state index contributed by atoms with van der Waals surface area (Å²) in [4.78, 5) is 22.4. The second-order valence-electron chi connectivity index (χ2n) is 3.77. The molecule has 0 unspecified atom stereocenters. The Hall–Kier alpha value is -1.82. The highest BCUT2D eigenvalue weighted by Crippen LogP contribution is 2.07. The second-order valence-corrected chi connectivity index (χ2v) is 3.77. The molecule has 0 saturated heterocycles. The van der Waals surface area contributed by atoms with Crippen molar-refractivity contribution >= 4 is 12.0 Å². The Labute approximate surface area is 99.3 Å². The molecule has 0 radical (unpaired) electrons. The number of amides is 2. The lowest BCUT2D eigenvalue weighted by atomic mass is 10.2. The normalized spacial score (nSPS) is 13.8. The minimum absolute atomic E-state index is 0.00315. The van der Waals surface area contributed by atoms with E-state index in [0.29, 0.717) is 0 Å². The number of carbonyl (C=O) groups is 2. The van der Waals surface area contributed by atoms with Gasteiger partial charge in [0, 0.05) is 0 Å². The van der Waals surface area contributed by atoms with Gasteiger partial charge in [0.25, 0.3) is 5.91 Å². The van der Waals surface area contributed by atoms with Gasteiger partial charge in [-0.25, -0.2) is 4.79 Å². The van der Waals surface area contributed by atoms with Crippen LogP contribution in [-0.4, -0.2) is 25.2 Å². The fourth-order valence-corrected chi connectivity index (χ4v) is 1.43. The van der Waals surface area contributed by atoms with Crippen molar-refractivity contribution in [2.75, 3.05) is 7.11 Å². The van der Waals surface area contributed by atoms with Gasteiger partial charge in [0.05, 0.1) is 13.4 Å². The van der Waals surface area contributed by atoms with Gasteiger partial charge in [-0.05, 0) is 26.0 Å². The van der Waals surface area contributed by atoms with Gasteiger partial charge in [-0.2, -0.15) is 0 Å². The molecule has 94 valence electrons. The molecule has 3 N–H and O–H groups in total. The van der Waals surface area contributed by atoms with E-state index in [1.54, 1.807) is 24.6 Å². The summed E-state index contributed by atoms with van der Waals surface area (Å²) in [6.45, 7) is 3.62. The zero-order chi connectivity index (χ0) is 12.8. The van der Waals surface area contributed by atoms with Crippen molar-refractivity contribution in [3.05, 3.63) is 24.2 Å². The van der Waals surface area contributed by atoms with Gasteiger partial charge in [0.1, 0.15) is 6.04 Å². The highest BCUT2D eigenvalue weighted by molar-refractivity contribution is 5.93. The van der Waals surface area contributed by atoms with E-state index in [9.17, 15) is 9.59 Å². The monoisotopic (exact) mass is 241 g/mol. The fourth-order valence-electron chi connectivity index (χ4n) is 1.43. The minimum Gasteiger partial charge on any atom is -0.463 e. The van der Waals surface area contributed by atoms with Crippen LogP contribution in [0.5, 0.6) is 0 Å².